The summed E-state index contributed by atoms with van der Waals surface area (Å²) in [6, 6.07) is 77.5. The summed E-state index contributed by atoms with van der Waals surface area (Å²) in [4.78, 5) is 4.72. The van der Waals surface area contributed by atoms with Gasteiger partial charge in [0, 0.05) is 90.4 Å². The second-order valence-electron chi connectivity index (χ2n) is 17.0. The highest BCUT2D eigenvalue weighted by Gasteiger charge is 2.26. The summed E-state index contributed by atoms with van der Waals surface area (Å²) in [6.07, 6.45) is 5.25. The van der Waals surface area contributed by atoms with E-state index in [9.17, 15) is 0 Å². The van der Waals surface area contributed by atoms with Crippen LogP contribution in [0.25, 0.3) is 60.5 Å². The minimum Gasteiger partial charge on any atom is -0.456 e. The van der Waals surface area contributed by atoms with Gasteiger partial charge in [0.25, 0.3) is 0 Å². The van der Waals surface area contributed by atoms with E-state index < -0.39 is 0 Å². The Morgan fingerprint density at radius 2 is 0.894 bits per heavy atom. The third-order valence-corrected chi connectivity index (χ3v) is 13.1. The minimum atomic E-state index is 0.0124. The number of fused-ring (bicyclic) bond motifs is 9. The first-order valence-corrected chi connectivity index (χ1v) is 22.5. The Hall–Kier alpha value is -8.74. The average molecular weight is 851 g/mol. The predicted octanol–water partition coefficient (Wildman–Crippen LogP) is 16.6. The van der Waals surface area contributed by atoms with Crippen molar-refractivity contribution < 1.29 is 8.83 Å². The molecule has 0 spiro atoms. The molecule has 0 fully saturated rings. The van der Waals surface area contributed by atoms with E-state index in [-0.39, 0.29) is 5.92 Å². The van der Waals surface area contributed by atoms with Crippen molar-refractivity contribution in [2.75, 3.05) is 15.1 Å². The smallest absolute Gasteiger partial charge is 0.137 e. The van der Waals surface area contributed by atoms with Gasteiger partial charge in [0.05, 0.1) is 5.52 Å². The number of para-hydroxylation sites is 6. The summed E-state index contributed by atoms with van der Waals surface area (Å²) in [5, 5.41) is 9.40. The molecule has 0 saturated carbocycles. The average Bonchev–Trinajstić information content (AvgIpc) is 3.97. The van der Waals surface area contributed by atoms with Crippen molar-refractivity contribution in [1.82, 2.24) is 4.57 Å². The second-order valence-corrected chi connectivity index (χ2v) is 17.0. The number of hydrogen-bond donors (Lipinski definition) is 1. The van der Waals surface area contributed by atoms with Gasteiger partial charge in [-0.15, -0.1) is 0 Å². The molecule has 12 aromatic rings. The SMILES string of the molecule is C1=CC(c2cc(N(c3ccccc3)c3ccc4c(c3)oc3ccccc34)cc(N(c3ccccc3)c3ccc4c(c3)oc3ccccc34)c2)Cc2c(n(-c3ccccc3)c3ccccc23)N1. The van der Waals surface area contributed by atoms with Crippen LogP contribution in [0.1, 0.15) is 17.0 Å². The van der Waals surface area contributed by atoms with E-state index in [1.54, 1.807) is 0 Å². The fourth-order valence-corrected chi connectivity index (χ4v) is 10.1. The molecule has 0 radical (unpaired) electrons. The zero-order valence-corrected chi connectivity index (χ0v) is 35.9. The van der Waals surface area contributed by atoms with Crippen molar-refractivity contribution in [3.8, 4) is 5.69 Å². The molecule has 9 aromatic carbocycles. The molecule has 6 nitrogen and oxygen atoms in total. The quantitative estimate of drug-likeness (QED) is 0.165. The van der Waals surface area contributed by atoms with Crippen molar-refractivity contribution in [3.05, 3.63) is 242 Å². The molecule has 1 aliphatic heterocycles. The highest BCUT2D eigenvalue weighted by Crippen LogP contribution is 2.46. The van der Waals surface area contributed by atoms with E-state index in [4.69, 9.17) is 8.83 Å². The topological polar surface area (TPSA) is 49.7 Å². The van der Waals surface area contributed by atoms with E-state index in [2.05, 4.69) is 226 Å². The summed E-state index contributed by atoms with van der Waals surface area (Å²) in [5.74, 6) is 1.10. The van der Waals surface area contributed by atoms with Gasteiger partial charge in [0.1, 0.15) is 28.1 Å². The largest absolute Gasteiger partial charge is 0.456 e. The Labute approximate surface area is 381 Å². The van der Waals surface area contributed by atoms with E-state index in [1.807, 2.05) is 24.3 Å². The molecule has 0 aliphatic carbocycles. The van der Waals surface area contributed by atoms with Crippen LogP contribution >= 0.6 is 0 Å². The molecular weight excluding hydrogens is 809 g/mol. The van der Waals surface area contributed by atoms with Crippen LogP contribution in [0.4, 0.5) is 39.9 Å². The van der Waals surface area contributed by atoms with Crippen LogP contribution in [0, 0.1) is 0 Å². The summed E-state index contributed by atoms with van der Waals surface area (Å²) >= 11 is 0. The van der Waals surface area contributed by atoms with Crippen LogP contribution in [0.15, 0.2) is 239 Å². The van der Waals surface area contributed by atoms with Crippen molar-refractivity contribution >= 4 is 94.7 Å². The third-order valence-electron chi connectivity index (χ3n) is 13.1. The number of allylic oxidation sites excluding steroid dienone is 1. The van der Waals surface area contributed by atoms with Crippen LogP contribution in [-0.4, -0.2) is 4.57 Å². The highest BCUT2D eigenvalue weighted by molar-refractivity contribution is 6.07. The predicted molar refractivity (Wildman–Crippen MR) is 273 cm³/mol. The lowest BCUT2D eigenvalue weighted by Gasteiger charge is -2.31. The maximum atomic E-state index is 6.52. The highest BCUT2D eigenvalue weighted by atomic mass is 16.3. The number of aromatic nitrogens is 1. The second kappa shape index (κ2) is 15.5. The summed E-state index contributed by atoms with van der Waals surface area (Å²) in [5.41, 5.74) is 14.3. The van der Waals surface area contributed by atoms with E-state index in [0.29, 0.717) is 0 Å². The summed E-state index contributed by atoms with van der Waals surface area (Å²) in [7, 11) is 0. The van der Waals surface area contributed by atoms with Crippen LogP contribution < -0.4 is 15.1 Å². The van der Waals surface area contributed by atoms with Crippen molar-refractivity contribution in [1.29, 1.82) is 0 Å². The molecule has 1 aliphatic rings. The lowest BCUT2D eigenvalue weighted by Crippen LogP contribution is -2.15. The molecule has 0 amide bonds. The molecule has 0 bridgehead atoms. The monoisotopic (exact) mass is 850 g/mol. The molecule has 13 rings (SSSR count). The zero-order valence-electron chi connectivity index (χ0n) is 35.9. The van der Waals surface area contributed by atoms with E-state index in [0.717, 1.165) is 95.9 Å². The molecule has 314 valence electrons. The summed E-state index contributed by atoms with van der Waals surface area (Å²) < 4.78 is 15.4. The third kappa shape index (κ3) is 6.33. The first-order chi connectivity index (χ1) is 32.7. The molecule has 66 heavy (non-hydrogen) atoms. The molecule has 4 heterocycles. The minimum absolute atomic E-state index is 0.0124. The molecule has 1 unspecified atom stereocenters. The molecule has 1 N–H and O–H groups in total. The number of benzene rings is 9. The number of furan rings is 2. The van der Waals surface area contributed by atoms with Crippen molar-refractivity contribution in [3.63, 3.8) is 0 Å². The van der Waals surface area contributed by atoms with Gasteiger partial charge in [-0.2, -0.15) is 0 Å². The first-order valence-electron chi connectivity index (χ1n) is 22.5. The van der Waals surface area contributed by atoms with Crippen molar-refractivity contribution in [2.24, 2.45) is 0 Å². The number of anilines is 7. The Morgan fingerprint density at radius 1 is 0.409 bits per heavy atom. The maximum Gasteiger partial charge on any atom is 0.137 e. The van der Waals surface area contributed by atoms with Crippen LogP contribution in [-0.2, 0) is 6.42 Å². The maximum absolute atomic E-state index is 6.52. The van der Waals surface area contributed by atoms with Crippen molar-refractivity contribution in [2.45, 2.75) is 12.3 Å². The lowest BCUT2D eigenvalue weighted by molar-refractivity contribution is 0.668. The number of nitrogens with zero attached hydrogens (tertiary/aromatic N) is 3. The van der Waals surface area contributed by atoms with Gasteiger partial charge in [0.2, 0.25) is 0 Å². The standard InChI is InChI=1S/C60H42N4O2/c1-4-16-42(17-5-1)62(45-28-30-52-50-23-11-14-26-56(50)65-58(52)38-45)47-34-41(40-32-33-61-60-54(36-40)49-22-10-13-25-55(49)64(60)44-20-8-3-9-21-44)35-48(37-47)63(43-18-6-2-7-19-43)46-29-31-53-51-24-12-15-27-57(51)66-59(53)39-46/h1-35,37-40,61H,36H2. The van der Waals surface area contributed by atoms with Gasteiger partial charge in [0.15, 0.2) is 0 Å². The van der Waals surface area contributed by atoms with Gasteiger partial charge < -0.3 is 24.0 Å². The Bertz CT molecular complexity index is 3620. The first kappa shape index (κ1) is 37.8. The van der Waals surface area contributed by atoms with Gasteiger partial charge in [-0.25, -0.2) is 0 Å². The van der Waals surface area contributed by atoms with Crippen LogP contribution in [0.3, 0.4) is 0 Å². The van der Waals surface area contributed by atoms with E-state index in [1.165, 1.54) is 22.0 Å². The van der Waals surface area contributed by atoms with E-state index >= 15 is 0 Å². The number of hydrogen-bond acceptors (Lipinski definition) is 5. The molecular formula is C60H42N4O2. The fourth-order valence-electron chi connectivity index (χ4n) is 10.1. The van der Waals surface area contributed by atoms with Gasteiger partial charge in [-0.3, -0.25) is 4.57 Å². The lowest BCUT2D eigenvalue weighted by atomic mass is 9.90. The molecule has 0 saturated heterocycles. The van der Waals surface area contributed by atoms with Gasteiger partial charge in [-0.05, 0) is 115 Å². The number of nitrogens with one attached hydrogen (secondary N) is 1. The Morgan fingerprint density at radius 3 is 1.47 bits per heavy atom. The Kier molecular flexibility index (Phi) is 8.88. The van der Waals surface area contributed by atoms with Crippen LogP contribution in [0.2, 0.25) is 0 Å². The normalized spacial score (nSPS) is 13.6. The fraction of sp³-hybridized carbons (Fsp3) is 0.0333. The van der Waals surface area contributed by atoms with Gasteiger partial charge in [-0.1, -0.05) is 115 Å². The molecule has 3 aromatic heterocycles. The number of rotatable bonds is 8. The zero-order chi connectivity index (χ0) is 43.6. The Balaban J connectivity index is 1.04. The van der Waals surface area contributed by atoms with Gasteiger partial charge >= 0.3 is 0 Å². The molecule has 6 heteroatoms. The summed E-state index contributed by atoms with van der Waals surface area (Å²) in [6.45, 7) is 0. The van der Waals surface area contributed by atoms with Crippen LogP contribution in [0.5, 0.6) is 0 Å². The molecule has 1 atom stereocenters.